The van der Waals surface area contributed by atoms with Gasteiger partial charge in [-0.15, -0.1) is 0 Å². The Kier molecular flexibility index (Phi) is 6.35. The third-order valence-corrected chi connectivity index (χ3v) is 9.69. The summed E-state index contributed by atoms with van der Waals surface area (Å²) in [4.78, 5) is 0. The van der Waals surface area contributed by atoms with Gasteiger partial charge in [0.2, 0.25) is 0 Å². The van der Waals surface area contributed by atoms with Crippen molar-refractivity contribution in [1.82, 2.24) is 9.13 Å². The Hall–Kier alpha value is -6.62. The maximum absolute atomic E-state index is 10.3. The number of fused-ring (bicyclic) bond motifs is 6. The Labute approximate surface area is 278 Å². The molecule has 48 heavy (non-hydrogen) atoms. The molecule has 0 atom stereocenters. The molecule has 2 aromatic heterocycles. The van der Waals surface area contributed by atoms with Gasteiger partial charge >= 0.3 is 0 Å². The van der Waals surface area contributed by atoms with Gasteiger partial charge in [0.1, 0.15) is 6.07 Å². The fraction of sp³-hybridized carbons (Fsp3) is 0.0455. The number of nitriles is 2. The van der Waals surface area contributed by atoms with Gasteiger partial charge in [-0.2, -0.15) is 10.5 Å². The largest absolute Gasteiger partial charge is 0.309 e. The Morgan fingerprint density at radius 3 is 1.88 bits per heavy atom. The van der Waals surface area contributed by atoms with Crippen LogP contribution in [0.5, 0.6) is 0 Å². The summed E-state index contributed by atoms with van der Waals surface area (Å²) in [5, 5.41) is 23.9. The molecule has 0 N–H and O–H groups in total. The van der Waals surface area contributed by atoms with E-state index in [9.17, 15) is 10.5 Å². The second-order valence-electron chi connectivity index (χ2n) is 12.3. The van der Waals surface area contributed by atoms with Crippen molar-refractivity contribution in [1.29, 1.82) is 10.5 Å². The van der Waals surface area contributed by atoms with Crippen molar-refractivity contribution in [2.75, 3.05) is 0 Å². The second-order valence-corrected chi connectivity index (χ2v) is 12.3. The number of aryl methyl sites for hydroxylation is 1. The van der Waals surface area contributed by atoms with Crippen LogP contribution in [-0.4, -0.2) is 9.13 Å². The van der Waals surface area contributed by atoms with E-state index in [0.717, 1.165) is 68.7 Å². The van der Waals surface area contributed by atoms with E-state index in [1.807, 2.05) is 18.2 Å². The lowest BCUT2D eigenvalue weighted by molar-refractivity contribution is 0.966. The Balaban J connectivity index is 1.30. The van der Waals surface area contributed by atoms with Gasteiger partial charge in [0.15, 0.2) is 0 Å². The molecular weight excluding hydrogens is 585 g/mol. The summed E-state index contributed by atoms with van der Waals surface area (Å²) in [6.07, 6.45) is 6.42. The number of rotatable bonds is 4. The molecule has 0 aliphatic heterocycles. The van der Waals surface area contributed by atoms with Gasteiger partial charge in [-0.3, -0.25) is 0 Å². The van der Waals surface area contributed by atoms with Crippen LogP contribution in [-0.2, 0) is 6.42 Å². The zero-order valence-electron chi connectivity index (χ0n) is 26.1. The zero-order chi connectivity index (χ0) is 32.2. The van der Waals surface area contributed by atoms with E-state index in [1.54, 1.807) is 0 Å². The normalized spacial score (nSPS) is 12.3. The number of hydrogen-bond acceptors (Lipinski definition) is 2. The summed E-state index contributed by atoms with van der Waals surface area (Å²) < 4.78 is 4.54. The van der Waals surface area contributed by atoms with E-state index in [4.69, 9.17) is 0 Å². The standard InChI is InChI=1S/C44H28N4/c45-27-29-21-24-38(44(25-29)48-41-19-9-5-15-36(41)37-16-6-10-20-42(37)48)33-12-2-1-11-32(33)30-22-23-31(28-46)43(26-30)47-39-17-7-3-13-34(39)35-14-4-8-18-40(35)47/h1-3,5-13,15-26H,4,14H2. The number of hydrogen-bond donors (Lipinski definition) is 0. The summed E-state index contributed by atoms with van der Waals surface area (Å²) in [5.74, 6) is 0. The second kappa shape index (κ2) is 11.0. The molecule has 0 fully saturated rings. The molecule has 0 radical (unpaired) electrons. The summed E-state index contributed by atoms with van der Waals surface area (Å²) >= 11 is 0. The third kappa shape index (κ3) is 4.14. The van der Waals surface area contributed by atoms with Crippen LogP contribution in [0.2, 0.25) is 0 Å². The highest BCUT2D eigenvalue weighted by atomic mass is 15.0. The van der Waals surface area contributed by atoms with E-state index < -0.39 is 0 Å². The van der Waals surface area contributed by atoms with Gasteiger partial charge in [-0.25, -0.2) is 0 Å². The topological polar surface area (TPSA) is 57.4 Å². The number of nitrogens with zero attached hydrogens (tertiary/aromatic N) is 4. The van der Waals surface area contributed by atoms with Gasteiger partial charge < -0.3 is 9.13 Å². The van der Waals surface area contributed by atoms with Crippen molar-refractivity contribution >= 4 is 38.8 Å². The third-order valence-electron chi connectivity index (χ3n) is 9.69. The predicted octanol–water partition coefficient (Wildman–Crippen LogP) is 10.8. The first-order valence-electron chi connectivity index (χ1n) is 16.2. The maximum Gasteiger partial charge on any atom is 0.101 e. The average molecular weight is 613 g/mol. The smallest absolute Gasteiger partial charge is 0.101 e. The molecule has 224 valence electrons. The first kappa shape index (κ1) is 27.7. The highest BCUT2D eigenvalue weighted by molar-refractivity contribution is 6.10. The molecule has 4 heteroatoms. The summed E-state index contributed by atoms with van der Waals surface area (Å²) in [6, 6.07) is 50.8. The fourth-order valence-corrected chi connectivity index (χ4v) is 7.59. The molecule has 0 amide bonds. The first-order valence-corrected chi connectivity index (χ1v) is 16.2. The van der Waals surface area contributed by atoms with Crippen molar-refractivity contribution in [3.8, 4) is 45.8 Å². The molecule has 0 unspecified atom stereocenters. The molecule has 0 bridgehead atoms. The molecule has 0 saturated carbocycles. The zero-order valence-corrected chi connectivity index (χ0v) is 26.1. The lowest BCUT2D eigenvalue weighted by Gasteiger charge is -2.19. The lowest BCUT2D eigenvalue weighted by atomic mass is 9.92. The van der Waals surface area contributed by atoms with Crippen molar-refractivity contribution in [3.63, 3.8) is 0 Å². The minimum atomic E-state index is 0.603. The predicted molar refractivity (Wildman–Crippen MR) is 195 cm³/mol. The van der Waals surface area contributed by atoms with E-state index in [0.29, 0.717) is 11.1 Å². The van der Waals surface area contributed by atoms with Crippen molar-refractivity contribution in [2.24, 2.45) is 0 Å². The highest BCUT2D eigenvalue weighted by Gasteiger charge is 2.22. The van der Waals surface area contributed by atoms with E-state index >= 15 is 0 Å². The molecular formula is C44H28N4. The van der Waals surface area contributed by atoms with Crippen LogP contribution in [0.1, 0.15) is 28.8 Å². The van der Waals surface area contributed by atoms with Gasteiger partial charge in [-0.1, -0.05) is 97.1 Å². The summed E-state index contributed by atoms with van der Waals surface area (Å²) in [7, 11) is 0. The molecule has 1 aliphatic rings. The average Bonchev–Trinajstić information content (AvgIpc) is 3.67. The quantitative estimate of drug-likeness (QED) is 0.199. The Morgan fingerprint density at radius 1 is 0.521 bits per heavy atom. The molecule has 8 aromatic rings. The lowest BCUT2D eigenvalue weighted by Crippen LogP contribution is -2.03. The summed E-state index contributed by atoms with van der Waals surface area (Å²) in [5.41, 5.74) is 12.9. The number of para-hydroxylation sites is 3. The van der Waals surface area contributed by atoms with Crippen LogP contribution in [0, 0.1) is 22.7 Å². The van der Waals surface area contributed by atoms with E-state index in [2.05, 4.69) is 149 Å². The molecule has 0 spiro atoms. The minimum Gasteiger partial charge on any atom is -0.309 e. The van der Waals surface area contributed by atoms with Crippen molar-refractivity contribution in [3.05, 3.63) is 162 Å². The van der Waals surface area contributed by atoms with E-state index in [-0.39, 0.29) is 0 Å². The first-order chi connectivity index (χ1) is 23.7. The number of benzene rings is 6. The van der Waals surface area contributed by atoms with Crippen LogP contribution in [0.3, 0.4) is 0 Å². The van der Waals surface area contributed by atoms with Crippen LogP contribution < -0.4 is 0 Å². The van der Waals surface area contributed by atoms with Crippen LogP contribution in [0.4, 0.5) is 0 Å². The Bertz CT molecular complexity index is 2650. The Morgan fingerprint density at radius 2 is 1.17 bits per heavy atom. The maximum atomic E-state index is 10.3. The SMILES string of the molecule is N#Cc1ccc(-c2ccccc2-c2ccc(C#N)c(-n3c4c(c5ccccc53)CCC=C4)c2)c(-n2c3ccccc3c3ccccc32)c1. The molecule has 1 aliphatic carbocycles. The fourth-order valence-electron chi connectivity index (χ4n) is 7.59. The summed E-state index contributed by atoms with van der Waals surface area (Å²) in [6.45, 7) is 0. The minimum absolute atomic E-state index is 0.603. The van der Waals surface area contributed by atoms with Gasteiger partial charge in [-0.05, 0) is 83.6 Å². The van der Waals surface area contributed by atoms with Gasteiger partial charge in [0, 0.05) is 27.4 Å². The van der Waals surface area contributed by atoms with Crippen LogP contribution in [0.15, 0.2) is 140 Å². The molecule has 2 heterocycles. The number of allylic oxidation sites excluding steroid dienone is 1. The monoisotopic (exact) mass is 612 g/mol. The van der Waals surface area contributed by atoms with Crippen LogP contribution in [0.25, 0.3) is 72.4 Å². The van der Waals surface area contributed by atoms with Gasteiger partial charge in [0.05, 0.1) is 45.1 Å². The molecule has 6 aromatic carbocycles. The van der Waals surface area contributed by atoms with E-state index in [1.165, 1.54) is 21.7 Å². The van der Waals surface area contributed by atoms with Crippen LogP contribution >= 0.6 is 0 Å². The molecule has 4 nitrogen and oxygen atoms in total. The highest BCUT2D eigenvalue weighted by Crippen LogP contribution is 2.41. The van der Waals surface area contributed by atoms with Gasteiger partial charge in [0.25, 0.3) is 0 Å². The van der Waals surface area contributed by atoms with Crippen molar-refractivity contribution < 1.29 is 0 Å². The molecule has 9 rings (SSSR count). The molecule has 0 saturated heterocycles. The number of aromatic nitrogens is 2. The van der Waals surface area contributed by atoms with Crippen molar-refractivity contribution in [2.45, 2.75) is 12.8 Å².